The Morgan fingerprint density at radius 3 is 2.06 bits per heavy atom. The zero-order chi connectivity index (χ0) is 12.3. The second-order valence-corrected chi connectivity index (χ2v) is 4.72. The second kappa shape index (κ2) is 5.51. The van der Waals surface area contributed by atoms with Crippen molar-refractivity contribution in [3.63, 3.8) is 0 Å². The number of hydrogen-bond donors (Lipinski definition) is 2. The first kappa shape index (κ1) is 13.3. The molecule has 0 heterocycles. The van der Waals surface area contributed by atoms with Crippen molar-refractivity contribution in [1.82, 2.24) is 0 Å². The van der Waals surface area contributed by atoms with Crippen LogP contribution in [0.3, 0.4) is 0 Å². The van der Waals surface area contributed by atoms with Gasteiger partial charge in [-0.2, -0.15) is 0 Å². The van der Waals surface area contributed by atoms with Gasteiger partial charge in [0.25, 0.3) is 0 Å². The highest BCUT2D eigenvalue weighted by Crippen LogP contribution is 2.18. The molecule has 0 saturated carbocycles. The largest absolute Gasteiger partial charge is 0.488 e. The normalized spacial score (nSPS) is 12.6. The average Bonchev–Trinajstić information content (AvgIpc) is 2.22. The first-order chi connectivity index (χ1) is 7.45. The van der Waals surface area contributed by atoms with E-state index in [4.69, 9.17) is 10.0 Å². The van der Waals surface area contributed by atoms with Crippen molar-refractivity contribution < 1.29 is 10.0 Å². The molecule has 2 nitrogen and oxygen atoms in total. The van der Waals surface area contributed by atoms with E-state index in [0.717, 1.165) is 17.5 Å². The van der Waals surface area contributed by atoms with E-state index in [1.165, 1.54) is 12.0 Å². The van der Waals surface area contributed by atoms with Crippen LogP contribution >= 0.6 is 0 Å². The summed E-state index contributed by atoms with van der Waals surface area (Å²) in [5.41, 5.74) is 4.24. The molecule has 1 rings (SSSR count). The molecule has 16 heavy (non-hydrogen) atoms. The summed E-state index contributed by atoms with van der Waals surface area (Å²) in [6.45, 7) is 8.52. The lowest BCUT2D eigenvalue weighted by molar-refractivity contribution is 0.425. The van der Waals surface area contributed by atoms with E-state index < -0.39 is 7.12 Å². The van der Waals surface area contributed by atoms with Crippen molar-refractivity contribution in [3.8, 4) is 0 Å². The molecule has 0 spiro atoms. The monoisotopic (exact) mass is 220 g/mol. The highest BCUT2D eigenvalue weighted by atomic mass is 16.4. The van der Waals surface area contributed by atoms with Crippen molar-refractivity contribution >= 4 is 12.6 Å². The van der Waals surface area contributed by atoms with Gasteiger partial charge in [-0.05, 0) is 48.3 Å². The fourth-order valence-corrected chi connectivity index (χ4v) is 1.99. The van der Waals surface area contributed by atoms with Crippen LogP contribution in [0.5, 0.6) is 0 Å². The summed E-state index contributed by atoms with van der Waals surface area (Å²) >= 11 is 0. The van der Waals surface area contributed by atoms with Gasteiger partial charge in [-0.25, -0.2) is 0 Å². The van der Waals surface area contributed by atoms with Gasteiger partial charge in [-0.1, -0.05) is 32.4 Å². The van der Waals surface area contributed by atoms with Gasteiger partial charge in [0.15, 0.2) is 0 Å². The molecule has 0 radical (unpaired) electrons. The molecule has 0 aliphatic rings. The summed E-state index contributed by atoms with van der Waals surface area (Å²) in [5, 5.41) is 18.3. The maximum Gasteiger partial charge on any atom is 0.488 e. The third-order valence-corrected chi connectivity index (χ3v) is 3.27. The summed E-state index contributed by atoms with van der Waals surface area (Å²) < 4.78 is 0. The van der Waals surface area contributed by atoms with Crippen LogP contribution in [0.4, 0.5) is 0 Å². The van der Waals surface area contributed by atoms with Gasteiger partial charge in [0, 0.05) is 0 Å². The Balaban J connectivity index is 3.03. The Kier molecular flexibility index (Phi) is 4.57. The summed E-state index contributed by atoms with van der Waals surface area (Å²) in [4.78, 5) is 0. The lowest BCUT2D eigenvalue weighted by Gasteiger charge is -2.15. The predicted octanol–water partition coefficient (Wildman–Crippen LogP) is 1.57. The minimum Gasteiger partial charge on any atom is -0.423 e. The Bertz CT molecular complexity index is 338. The van der Waals surface area contributed by atoms with Crippen molar-refractivity contribution in [2.24, 2.45) is 5.92 Å². The third kappa shape index (κ3) is 3.10. The van der Waals surface area contributed by atoms with Crippen LogP contribution in [0.1, 0.15) is 37.0 Å². The molecule has 1 aromatic rings. The number of rotatable bonds is 4. The molecule has 0 saturated heterocycles. The highest BCUT2D eigenvalue weighted by molar-refractivity contribution is 6.58. The fraction of sp³-hybridized carbons (Fsp3) is 0.538. The fourth-order valence-electron chi connectivity index (χ4n) is 1.99. The molecule has 0 amide bonds. The molecule has 0 bridgehead atoms. The molecule has 0 aliphatic heterocycles. The Labute approximate surface area is 98.5 Å². The van der Waals surface area contributed by atoms with Gasteiger partial charge in [0.2, 0.25) is 0 Å². The van der Waals surface area contributed by atoms with Gasteiger partial charge >= 0.3 is 7.12 Å². The van der Waals surface area contributed by atoms with E-state index in [2.05, 4.69) is 13.8 Å². The van der Waals surface area contributed by atoms with Crippen molar-refractivity contribution in [3.05, 3.63) is 28.8 Å². The number of benzene rings is 1. The van der Waals surface area contributed by atoms with Crippen LogP contribution in [0, 0.1) is 19.8 Å². The number of aryl methyl sites for hydroxylation is 2. The van der Waals surface area contributed by atoms with Crippen LogP contribution in [0.25, 0.3) is 0 Å². The maximum atomic E-state index is 9.15. The van der Waals surface area contributed by atoms with Gasteiger partial charge in [0.1, 0.15) is 0 Å². The van der Waals surface area contributed by atoms with Gasteiger partial charge in [0.05, 0.1) is 0 Å². The van der Waals surface area contributed by atoms with E-state index >= 15 is 0 Å². The summed E-state index contributed by atoms with van der Waals surface area (Å²) in [6, 6.07) is 3.74. The molecular weight excluding hydrogens is 199 g/mol. The molecule has 0 fully saturated rings. The molecule has 0 aliphatic carbocycles. The smallest absolute Gasteiger partial charge is 0.423 e. The zero-order valence-corrected chi connectivity index (χ0v) is 10.6. The molecule has 3 heteroatoms. The zero-order valence-electron chi connectivity index (χ0n) is 10.6. The average molecular weight is 220 g/mol. The topological polar surface area (TPSA) is 40.5 Å². The molecule has 88 valence electrons. The minimum atomic E-state index is -1.37. The molecule has 1 atom stereocenters. The lowest BCUT2D eigenvalue weighted by atomic mass is 9.77. The molecule has 0 aromatic heterocycles. The SMILES string of the molecule is CCC(C)Cc1c(C)cc(B(O)O)cc1C. The van der Waals surface area contributed by atoms with Crippen molar-refractivity contribution in [2.75, 3.05) is 0 Å². The van der Waals surface area contributed by atoms with Crippen molar-refractivity contribution in [1.29, 1.82) is 0 Å². The van der Waals surface area contributed by atoms with E-state index in [0.29, 0.717) is 11.4 Å². The Morgan fingerprint density at radius 2 is 1.69 bits per heavy atom. The second-order valence-electron chi connectivity index (χ2n) is 4.72. The third-order valence-electron chi connectivity index (χ3n) is 3.27. The van der Waals surface area contributed by atoms with Crippen molar-refractivity contribution in [2.45, 2.75) is 40.5 Å². The molecular formula is C13H21BO2. The first-order valence-corrected chi connectivity index (χ1v) is 5.91. The quantitative estimate of drug-likeness (QED) is 0.756. The summed E-state index contributed by atoms with van der Waals surface area (Å²) in [7, 11) is -1.37. The van der Waals surface area contributed by atoms with Crippen LogP contribution in [0.2, 0.25) is 0 Å². The van der Waals surface area contributed by atoms with Gasteiger partial charge in [-0.15, -0.1) is 0 Å². The molecule has 1 aromatic carbocycles. The van der Waals surface area contributed by atoms with Crippen LogP contribution in [-0.4, -0.2) is 17.2 Å². The predicted molar refractivity (Wildman–Crippen MR) is 68.9 cm³/mol. The summed E-state index contributed by atoms with van der Waals surface area (Å²) in [5.74, 6) is 0.669. The van der Waals surface area contributed by atoms with Gasteiger partial charge < -0.3 is 10.0 Å². The summed E-state index contributed by atoms with van der Waals surface area (Å²) in [6.07, 6.45) is 2.24. The van der Waals surface area contributed by atoms with Crippen LogP contribution in [-0.2, 0) is 6.42 Å². The number of hydrogen-bond acceptors (Lipinski definition) is 2. The molecule has 1 unspecified atom stereocenters. The first-order valence-electron chi connectivity index (χ1n) is 5.91. The van der Waals surface area contributed by atoms with E-state index in [1.807, 2.05) is 26.0 Å². The minimum absolute atomic E-state index is 0.586. The van der Waals surface area contributed by atoms with E-state index in [-0.39, 0.29) is 0 Å². The van der Waals surface area contributed by atoms with Gasteiger partial charge in [-0.3, -0.25) is 0 Å². The Hall–Kier alpha value is -0.795. The van der Waals surface area contributed by atoms with Crippen LogP contribution in [0.15, 0.2) is 12.1 Å². The standard InChI is InChI=1S/C13H21BO2/c1-5-9(2)6-13-10(3)7-12(14(15)16)8-11(13)4/h7-9,15-16H,5-6H2,1-4H3. The van der Waals surface area contributed by atoms with E-state index in [9.17, 15) is 0 Å². The lowest BCUT2D eigenvalue weighted by Crippen LogP contribution is -2.30. The van der Waals surface area contributed by atoms with Crippen LogP contribution < -0.4 is 5.46 Å². The Morgan fingerprint density at radius 1 is 1.19 bits per heavy atom. The maximum absolute atomic E-state index is 9.15. The van der Waals surface area contributed by atoms with E-state index in [1.54, 1.807) is 0 Å². The molecule has 2 N–H and O–H groups in total. The highest BCUT2D eigenvalue weighted by Gasteiger charge is 2.15.